The predicted molar refractivity (Wildman–Crippen MR) is 203 cm³/mol. The summed E-state index contributed by atoms with van der Waals surface area (Å²) in [5.41, 5.74) is 8.50. The Balaban J connectivity index is 0.00000192. The van der Waals surface area contributed by atoms with Crippen LogP contribution < -0.4 is 0 Å². The molecule has 0 heterocycles. The molecule has 0 aliphatic heterocycles. The van der Waals surface area contributed by atoms with Gasteiger partial charge < -0.3 is 5.11 Å². The van der Waals surface area contributed by atoms with E-state index in [1.54, 1.807) is 6.08 Å². The van der Waals surface area contributed by atoms with Gasteiger partial charge in [0.1, 0.15) is 5.76 Å². The van der Waals surface area contributed by atoms with E-state index in [9.17, 15) is 9.90 Å². The molecule has 1 aliphatic rings. The number of carbonyl (C=O) groups is 1. The number of carbonyl (C=O) groups excluding carboxylic acids is 1. The van der Waals surface area contributed by atoms with Crippen molar-refractivity contribution in [3.8, 4) is 0 Å². The highest BCUT2D eigenvalue weighted by atomic mass is 16.3. The third-order valence-corrected chi connectivity index (χ3v) is 9.74. The van der Waals surface area contributed by atoms with Crippen LogP contribution in [0, 0.1) is 25.2 Å². The van der Waals surface area contributed by atoms with Crippen LogP contribution in [0.3, 0.4) is 0 Å². The van der Waals surface area contributed by atoms with Crippen molar-refractivity contribution < 1.29 is 9.90 Å². The molecule has 0 saturated carbocycles. The molecule has 2 heteroatoms. The summed E-state index contributed by atoms with van der Waals surface area (Å²) in [6.07, 6.45) is 11.7. The van der Waals surface area contributed by atoms with Crippen LogP contribution >= 0.6 is 0 Å². The Morgan fingerprint density at radius 2 is 1.47 bits per heavy atom. The van der Waals surface area contributed by atoms with Crippen LogP contribution in [0.2, 0.25) is 0 Å². The molecule has 3 aromatic rings. The van der Waals surface area contributed by atoms with Gasteiger partial charge in [0.2, 0.25) is 0 Å². The minimum absolute atomic E-state index is 0.0636. The molecule has 0 saturated heterocycles. The van der Waals surface area contributed by atoms with Crippen LogP contribution in [0.15, 0.2) is 102 Å². The number of aliphatic hydroxyl groups excluding tert-OH is 1. The Labute approximate surface area is 286 Å². The second kappa shape index (κ2) is 16.0. The molecule has 2 nitrogen and oxygen atoms in total. The molecule has 0 bridgehead atoms. The SMILES string of the molecule is CCC.Cc1cc(CC(C)(C)C(C)C)cc(C(CC(=O)c2ccc(C)c(C(C)(C)C)c2)(Cc2ccccc2)C2=CCC=C(O)C=C2)c1. The maximum absolute atomic E-state index is 14.6. The second-order valence-corrected chi connectivity index (χ2v) is 15.7. The van der Waals surface area contributed by atoms with Gasteiger partial charge in [-0.15, -0.1) is 0 Å². The number of hydrogen-bond acceptors (Lipinski definition) is 2. The Morgan fingerprint density at radius 1 is 0.809 bits per heavy atom. The van der Waals surface area contributed by atoms with Gasteiger partial charge in [0.25, 0.3) is 0 Å². The lowest BCUT2D eigenvalue weighted by Crippen LogP contribution is -2.35. The molecule has 0 radical (unpaired) electrons. The fourth-order valence-electron chi connectivity index (χ4n) is 6.51. The first-order valence-electron chi connectivity index (χ1n) is 17.6. The van der Waals surface area contributed by atoms with E-state index in [1.165, 1.54) is 34.2 Å². The maximum Gasteiger partial charge on any atom is 0.164 e. The summed E-state index contributed by atoms with van der Waals surface area (Å²) in [7, 11) is 0. The number of aryl methyl sites for hydroxylation is 2. The van der Waals surface area contributed by atoms with E-state index in [-0.39, 0.29) is 22.4 Å². The van der Waals surface area contributed by atoms with Crippen LogP contribution in [-0.2, 0) is 23.7 Å². The number of hydrogen-bond donors (Lipinski definition) is 1. The van der Waals surface area contributed by atoms with Gasteiger partial charge in [0, 0.05) is 17.4 Å². The summed E-state index contributed by atoms with van der Waals surface area (Å²) in [5.74, 6) is 0.920. The van der Waals surface area contributed by atoms with Crippen molar-refractivity contribution in [2.24, 2.45) is 11.3 Å². The molecule has 0 amide bonds. The average Bonchev–Trinajstić information content (AvgIpc) is 3.21. The highest BCUT2D eigenvalue weighted by molar-refractivity contribution is 5.98. The Hall–Kier alpha value is -3.65. The molecular weight excluding hydrogens is 572 g/mol. The van der Waals surface area contributed by atoms with E-state index in [4.69, 9.17) is 0 Å². The van der Waals surface area contributed by atoms with Crippen molar-refractivity contribution in [1.29, 1.82) is 0 Å². The van der Waals surface area contributed by atoms with Crippen molar-refractivity contribution in [2.45, 2.75) is 119 Å². The quantitative estimate of drug-likeness (QED) is 0.226. The summed E-state index contributed by atoms with van der Waals surface area (Å²) in [4.78, 5) is 14.6. The summed E-state index contributed by atoms with van der Waals surface area (Å²) in [5, 5.41) is 10.5. The summed E-state index contributed by atoms with van der Waals surface area (Å²) < 4.78 is 0. The van der Waals surface area contributed by atoms with Gasteiger partial charge in [-0.1, -0.05) is 147 Å². The maximum atomic E-state index is 14.6. The molecule has 4 rings (SSSR count). The standard InChI is InChI=1S/C42H52O2.C3H8/c1-29(2)41(8,9)26-33-22-30(3)23-36(24-33)42(27-32-14-11-10-12-15-32,35-16-13-17-37(43)21-20-35)28-39(44)34-19-18-31(4)38(25-34)40(5,6)7;1-3-2/h10-12,14-25,29,43H,13,26-28H2,1-9H3;3H2,1-2H3. The molecular formula is C45H60O2. The topological polar surface area (TPSA) is 37.3 Å². The first kappa shape index (κ1) is 37.8. The van der Waals surface area contributed by atoms with Crippen LogP contribution in [-0.4, -0.2) is 10.9 Å². The fourth-order valence-corrected chi connectivity index (χ4v) is 6.51. The molecule has 1 aliphatic carbocycles. The summed E-state index contributed by atoms with van der Waals surface area (Å²) in [6, 6.07) is 23.7. The minimum Gasteiger partial charge on any atom is -0.508 e. The van der Waals surface area contributed by atoms with Gasteiger partial charge in [0.15, 0.2) is 5.78 Å². The second-order valence-electron chi connectivity index (χ2n) is 15.7. The Bertz CT molecular complexity index is 1590. The molecule has 0 aromatic heterocycles. The van der Waals surface area contributed by atoms with E-state index in [1.807, 2.05) is 24.3 Å². The smallest absolute Gasteiger partial charge is 0.164 e. The first-order valence-corrected chi connectivity index (χ1v) is 17.6. The van der Waals surface area contributed by atoms with Gasteiger partial charge in [-0.25, -0.2) is 0 Å². The molecule has 0 fully saturated rings. The molecule has 3 aromatic carbocycles. The zero-order valence-corrected chi connectivity index (χ0v) is 31.1. The van der Waals surface area contributed by atoms with E-state index < -0.39 is 5.41 Å². The van der Waals surface area contributed by atoms with Gasteiger partial charge in [0.05, 0.1) is 0 Å². The highest BCUT2D eigenvalue weighted by Crippen LogP contribution is 2.44. The average molecular weight is 633 g/mol. The molecule has 252 valence electrons. The van der Waals surface area contributed by atoms with Crippen LogP contribution in [0.1, 0.15) is 125 Å². The van der Waals surface area contributed by atoms with E-state index in [2.05, 4.69) is 137 Å². The lowest BCUT2D eigenvalue weighted by atomic mass is 9.65. The van der Waals surface area contributed by atoms with Crippen molar-refractivity contribution >= 4 is 5.78 Å². The molecule has 1 N–H and O–H groups in total. The number of rotatable bonds is 10. The van der Waals surface area contributed by atoms with Crippen molar-refractivity contribution in [3.63, 3.8) is 0 Å². The van der Waals surface area contributed by atoms with Crippen LogP contribution in [0.25, 0.3) is 0 Å². The first-order chi connectivity index (χ1) is 22.0. The Kier molecular flexibility index (Phi) is 12.8. The van der Waals surface area contributed by atoms with Gasteiger partial charge in [-0.2, -0.15) is 0 Å². The zero-order chi connectivity index (χ0) is 35.0. The van der Waals surface area contributed by atoms with E-state index in [0.717, 1.165) is 23.1 Å². The monoisotopic (exact) mass is 632 g/mol. The van der Waals surface area contributed by atoms with Gasteiger partial charge >= 0.3 is 0 Å². The van der Waals surface area contributed by atoms with Crippen molar-refractivity contribution in [3.05, 3.63) is 141 Å². The normalized spacial score (nSPS) is 14.8. The largest absolute Gasteiger partial charge is 0.508 e. The Morgan fingerprint density at radius 3 is 2.09 bits per heavy atom. The minimum atomic E-state index is -0.636. The third kappa shape index (κ3) is 9.92. The number of Topliss-reactive ketones (excluding diaryl/α,β-unsaturated/α-hetero) is 1. The third-order valence-electron chi connectivity index (χ3n) is 9.74. The molecule has 1 unspecified atom stereocenters. The molecule has 0 spiro atoms. The lowest BCUT2D eigenvalue weighted by molar-refractivity contribution is 0.0958. The number of allylic oxidation sites excluding steroid dienone is 5. The molecule has 1 atom stereocenters. The predicted octanol–water partition coefficient (Wildman–Crippen LogP) is 12.3. The van der Waals surface area contributed by atoms with Gasteiger partial charge in [-0.3, -0.25) is 4.79 Å². The highest BCUT2D eigenvalue weighted by Gasteiger charge is 2.39. The zero-order valence-electron chi connectivity index (χ0n) is 31.1. The fraction of sp³-hybridized carbons (Fsp3) is 0.444. The number of ketones is 1. The summed E-state index contributed by atoms with van der Waals surface area (Å²) >= 11 is 0. The van der Waals surface area contributed by atoms with Gasteiger partial charge in [-0.05, 0) is 101 Å². The number of aliphatic hydroxyl groups is 1. The van der Waals surface area contributed by atoms with E-state index in [0.29, 0.717) is 25.2 Å². The van der Waals surface area contributed by atoms with Crippen molar-refractivity contribution in [2.75, 3.05) is 0 Å². The van der Waals surface area contributed by atoms with Crippen molar-refractivity contribution in [1.82, 2.24) is 0 Å². The lowest BCUT2D eigenvalue weighted by Gasteiger charge is -2.37. The van der Waals surface area contributed by atoms with E-state index >= 15 is 0 Å². The molecule has 47 heavy (non-hydrogen) atoms. The van der Waals surface area contributed by atoms with Crippen LogP contribution in [0.4, 0.5) is 0 Å². The summed E-state index contributed by atoms with van der Waals surface area (Å²) in [6.45, 7) is 24.4. The van der Waals surface area contributed by atoms with Crippen LogP contribution in [0.5, 0.6) is 0 Å². The number of benzene rings is 3.